The molecule has 1 fully saturated rings. The van der Waals surface area contributed by atoms with Crippen LogP contribution in [0.15, 0.2) is 23.1 Å². The number of carbonyl (C=O) groups is 2. The van der Waals surface area contributed by atoms with Crippen molar-refractivity contribution in [1.29, 1.82) is 0 Å². The molecule has 0 aliphatic carbocycles. The minimum absolute atomic E-state index is 0.121. The average molecular weight is 426 g/mol. The van der Waals surface area contributed by atoms with Crippen LogP contribution in [0.3, 0.4) is 0 Å². The summed E-state index contributed by atoms with van der Waals surface area (Å²) in [6.07, 6.45) is 0.667. The van der Waals surface area contributed by atoms with E-state index in [1.807, 2.05) is 0 Å². The second-order valence-corrected chi connectivity index (χ2v) is 9.49. The average Bonchev–Trinajstić information content (AvgIpc) is 2.71. The van der Waals surface area contributed by atoms with Gasteiger partial charge in [0.15, 0.2) is 11.5 Å². The zero-order valence-electron chi connectivity index (χ0n) is 16.5. The van der Waals surface area contributed by atoms with Gasteiger partial charge >= 0.3 is 5.97 Å². The first-order valence-electron chi connectivity index (χ1n) is 9.63. The molecule has 0 saturated carbocycles. The number of ether oxygens (including phenoxy) is 2. The molecule has 0 unspecified atom stereocenters. The molecule has 0 radical (unpaired) electrons. The van der Waals surface area contributed by atoms with Gasteiger partial charge in [0.1, 0.15) is 19.3 Å². The standard InChI is InChI=1S/C19H26N2O7S/c1-12(2)17(19(23)24)20-18(22)13-5-7-21(8-6-13)29(25,26)14-3-4-15-16(11-14)28-10-9-27-15/h3-4,11-13,17H,5-10H2,1-2H3,(H,20,22)(H,23,24)/t17-/m1/s1. The smallest absolute Gasteiger partial charge is 0.326 e. The molecule has 1 atom stereocenters. The highest BCUT2D eigenvalue weighted by atomic mass is 32.2. The molecule has 0 spiro atoms. The number of piperidine rings is 1. The largest absolute Gasteiger partial charge is 0.486 e. The van der Waals surface area contributed by atoms with Crippen molar-refractivity contribution in [3.05, 3.63) is 18.2 Å². The number of amides is 1. The summed E-state index contributed by atoms with van der Waals surface area (Å²) in [6.45, 7) is 4.62. The Hall–Kier alpha value is -2.33. The van der Waals surface area contributed by atoms with Crippen LogP contribution in [-0.2, 0) is 19.6 Å². The number of hydrogen-bond acceptors (Lipinski definition) is 6. The lowest BCUT2D eigenvalue weighted by molar-refractivity contribution is -0.144. The van der Waals surface area contributed by atoms with Gasteiger partial charge in [0.25, 0.3) is 0 Å². The van der Waals surface area contributed by atoms with Crippen LogP contribution in [0, 0.1) is 11.8 Å². The summed E-state index contributed by atoms with van der Waals surface area (Å²) >= 11 is 0. The van der Waals surface area contributed by atoms with Crippen molar-refractivity contribution < 1.29 is 32.6 Å². The van der Waals surface area contributed by atoms with E-state index in [4.69, 9.17) is 9.47 Å². The summed E-state index contributed by atoms with van der Waals surface area (Å²) < 4.78 is 38.1. The second-order valence-electron chi connectivity index (χ2n) is 7.55. The van der Waals surface area contributed by atoms with Crippen molar-refractivity contribution >= 4 is 21.9 Å². The first kappa shape index (κ1) is 21.4. The fourth-order valence-electron chi connectivity index (χ4n) is 3.48. The zero-order valence-corrected chi connectivity index (χ0v) is 17.3. The van der Waals surface area contributed by atoms with E-state index in [1.54, 1.807) is 19.9 Å². The molecule has 1 aromatic carbocycles. The van der Waals surface area contributed by atoms with Crippen LogP contribution < -0.4 is 14.8 Å². The molecule has 0 bridgehead atoms. The lowest BCUT2D eigenvalue weighted by Gasteiger charge is -2.31. The molecule has 1 aromatic rings. The van der Waals surface area contributed by atoms with Crippen molar-refractivity contribution in [2.24, 2.45) is 11.8 Å². The van der Waals surface area contributed by atoms with Gasteiger partial charge in [-0.2, -0.15) is 4.31 Å². The summed E-state index contributed by atoms with van der Waals surface area (Å²) in [7, 11) is -3.72. The maximum atomic E-state index is 13.0. The number of carboxylic acids is 1. The lowest BCUT2D eigenvalue weighted by Crippen LogP contribution is -2.49. The number of carboxylic acid groups (broad SMARTS) is 1. The molecule has 9 nitrogen and oxygen atoms in total. The summed E-state index contributed by atoms with van der Waals surface area (Å²) in [6, 6.07) is 3.58. The number of carbonyl (C=O) groups excluding carboxylic acids is 1. The van der Waals surface area contributed by atoms with E-state index in [-0.39, 0.29) is 29.8 Å². The molecule has 1 saturated heterocycles. The van der Waals surface area contributed by atoms with E-state index in [2.05, 4.69) is 5.32 Å². The number of hydrogen-bond donors (Lipinski definition) is 2. The van der Waals surface area contributed by atoms with E-state index >= 15 is 0 Å². The monoisotopic (exact) mass is 426 g/mol. The molecule has 2 N–H and O–H groups in total. The van der Waals surface area contributed by atoms with Gasteiger partial charge in [-0.3, -0.25) is 4.79 Å². The van der Waals surface area contributed by atoms with Crippen LogP contribution in [0.25, 0.3) is 0 Å². The van der Waals surface area contributed by atoms with Gasteiger partial charge in [-0.05, 0) is 30.9 Å². The van der Waals surface area contributed by atoms with Gasteiger partial charge < -0.3 is 19.9 Å². The summed E-state index contributed by atoms with van der Waals surface area (Å²) in [5.74, 6) is -1.16. The molecule has 160 valence electrons. The quantitative estimate of drug-likeness (QED) is 0.698. The molecule has 2 aliphatic rings. The summed E-state index contributed by atoms with van der Waals surface area (Å²) in [4.78, 5) is 23.8. The van der Waals surface area contributed by atoms with E-state index in [0.29, 0.717) is 37.6 Å². The van der Waals surface area contributed by atoms with E-state index in [9.17, 15) is 23.1 Å². The predicted octanol–water partition coefficient (Wildman–Crippen LogP) is 1.08. The highest BCUT2D eigenvalue weighted by molar-refractivity contribution is 7.89. The third-order valence-electron chi connectivity index (χ3n) is 5.21. The second kappa shape index (κ2) is 8.58. The third kappa shape index (κ3) is 4.64. The Morgan fingerprint density at radius 3 is 2.34 bits per heavy atom. The highest BCUT2D eigenvalue weighted by Gasteiger charge is 2.34. The third-order valence-corrected chi connectivity index (χ3v) is 7.10. The minimum atomic E-state index is -3.72. The van der Waals surface area contributed by atoms with Gasteiger partial charge in [0, 0.05) is 25.1 Å². The van der Waals surface area contributed by atoms with Crippen LogP contribution in [0.4, 0.5) is 0 Å². The molecule has 3 rings (SSSR count). The van der Waals surface area contributed by atoms with Crippen molar-refractivity contribution in [3.8, 4) is 11.5 Å². The Morgan fingerprint density at radius 1 is 1.14 bits per heavy atom. The number of sulfonamides is 1. The summed E-state index contributed by atoms with van der Waals surface area (Å²) in [5, 5.41) is 11.8. The van der Waals surface area contributed by atoms with Gasteiger partial charge in [0.2, 0.25) is 15.9 Å². The number of fused-ring (bicyclic) bond motifs is 1. The van der Waals surface area contributed by atoms with Gasteiger partial charge in [0.05, 0.1) is 4.90 Å². The van der Waals surface area contributed by atoms with Crippen molar-refractivity contribution in [2.75, 3.05) is 26.3 Å². The first-order chi connectivity index (χ1) is 13.7. The Balaban J connectivity index is 1.64. The molecular weight excluding hydrogens is 400 g/mol. The number of nitrogens with one attached hydrogen (secondary N) is 1. The normalized spacial score (nSPS) is 19.0. The number of benzene rings is 1. The Kier molecular flexibility index (Phi) is 6.33. The van der Waals surface area contributed by atoms with Crippen molar-refractivity contribution in [2.45, 2.75) is 37.6 Å². The van der Waals surface area contributed by atoms with E-state index in [1.165, 1.54) is 16.4 Å². The maximum Gasteiger partial charge on any atom is 0.326 e. The molecule has 2 aliphatic heterocycles. The minimum Gasteiger partial charge on any atom is -0.486 e. The number of aliphatic carboxylic acids is 1. The highest BCUT2D eigenvalue weighted by Crippen LogP contribution is 2.34. The van der Waals surface area contributed by atoms with Crippen LogP contribution in [0.2, 0.25) is 0 Å². The Morgan fingerprint density at radius 2 is 1.76 bits per heavy atom. The van der Waals surface area contributed by atoms with Crippen LogP contribution in [-0.4, -0.2) is 62.1 Å². The SMILES string of the molecule is CC(C)[C@@H](NC(=O)C1CCN(S(=O)(=O)c2ccc3c(c2)OCCO3)CC1)C(=O)O. The van der Waals surface area contributed by atoms with E-state index in [0.717, 1.165) is 0 Å². The Bertz CT molecular complexity index is 877. The molecule has 1 amide bonds. The lowest BCUT2D eigenvalue weighted by atomic mass is 9.95. The summed E-state index contributed by atoms with van der Waals surface area (Å²) in [5.41, 5.74) is 0. The fraction of sp³-hybridized carbons (Fsp3) is 0.579. The van der Waals surface area contributed by atoms with Crippen LogP contribution in [0.1, 0.15) is 26.7 Å². The maximum absolute atomic E-state index is 13.0. The molecule has 10 heteroatoms. The molecule has 0 aromatic heterocycles. The van der Waals surface area contributed by atoms with Crippen molar-refractivity contribution in [1.82, 2.24) is 9.62 Å². The Labute approximate surface area is 170 Å². The molecular formula is C19H26N2O7S. The van der Waals surface area contributed by atoms with E-state index < -0.39 is 28.0 Å². The van der Waals surface area contributed by atoms with Gasteiger partial charge in [-0.25, -0.2) is 13.2 Å². The number of nitrogens with zero attached hydrogens (tertiary/aromatic N) is 1. The van der Waals surface area contributed by atoms with Gasteiger partial charge in [-0.1, -0.05) is 13.8 Å². The molecule has 2 heterocycles. The van der Waals surface area contributed by atoms with Crippen molar-refractivity contribution in [3.63, 3.8) is 0 Å². The first-order valence-corrected chi connectivity index (χ1v) is 11.1. The molecule has 29 heavy (non-hydrogen) atoms. The van der Waals surface area contributed by atoms with Crippen LogP contribution >= 0.6 is 0 Å². The topological polar surface area (TPSA) is 122 Å². The predicted molar refractivity (Wildman–Crippen MR) is 103 cm³/mol. The fourth-order valence-corrected chi connectivity index (χ4v) is 4.96. The zero-order chi connectivity index (χ0) is 21.2. The number of rotatable bonds is 6. The van der Waals surface area contributed by atoms with Crippen LogP contribution in [0.5, 0.6) is 11.5 Å². The van der Waals surface area contributed by atoms with Gasteiger partial charge in [-0.15, -0.1) is 0 Å².